The lowest BCUT2D eigenvalue weighted by molar-refractivity contribution is -0.782. The number of aromatic nitrogens is 5. The van der Waals surface area contributed by atoms with Crippen molar-refractivity contribution in [1.29, 1.82) is 0 Å². The predicted octanol–water partition coefficient (Wildman–Crippen LogP) is -4.48. The number of hydrogen-bond acceptors (Lipinski definition) is 19. The van der Waals surface area contributed by atoms with Crippen molar-refractivity contribution in [3.8, 4) is 0 Å². The minimum Gasteiger partial charge on any atom is -0.843 e. The molecule has 1 unspecified atom stereocenters. The lowest BCUT2D eigenvalue weighted by atomic mass is 9.91. The van der Waals surface area contributed by atoms with E-state index in [0.717, 1.165) is 17.2 Å². The Bertz CT molecular complexity index is 2000. The number of fused-ring (bicyclic) bond motifs is 1. The number of nitrogens with one attached hydrogen (secondary N) is 2. The van der Waals surface area contributed by atoms with E-state index in [9.17, 15) is 58.2 Å². The molecule has 3 aromatic rings. The first-order valence-corrected chi connectivity index (χ1v) is 20.7. The average Bonchev–Trinajstić information content (AvgIpc) is 3.77. The third kappa shape index (κ3) is 10.2. The zero-order valence-corrected chi connectivity index (χ0v) is 31.3. The van der Waals surface area contributed by atoms with Gasteiger partial charge in [0.25, 0.3) is 12.1 Å². The maximum Gasteiger partial charge on any atom is 0.483 e. The lowest BCUT2D eigenvalue weighted by Gasteiger charge is -2.33. The molecule has 0 bridgehead atoms. The van der Waals surface area contributed by atoms with E-state index in [1.807, 2.05) is 0 Å². The topological polar surface area (TPSA) is 409 Å². The first kappa shape index (κ1) is 43.7. The van der Waals surface area contributed by atoms with Crippen LogP contribution in [0.4, 0.5) is 5.82 Å². The van der Waals surface area contributed by atoms with E-state index < -0.39 is 91.2 Å². The van der Waals surface area contributed by atoms with Crippen LogP contribution in [0.5, 0.6) is 0 Å². The Labute approximate surface area is 314 Å². The van der Waals surface area contributed by atoms with Crippen LogP contribution < -0.4 is 31.8 Å². The maximum atomic E-state index is 13.6. The molecule has 0 saturated carbocycles. The SMILES string of the molecule is NCCNC(=O)CCNc1ncnc2c1ncn2[C@@H]1O[C@H](COP(=O)(OC[C@H]2O[C@@H]([n+]3ccccc3)[C@H]([O-])[C@@]2(O)C(N)=O)OP(=O)(O)O)[C@@H](O)[C@H]1OP(=O)(O)O. The minimum atomic E-state index is -5.76. The average molecular weight is 858 g/mol. The summed E-state index contributed by atoms with van der Waals surface area (Å²) in [5.74, 6) is -1.75. The van der Waals surface area contributed by atoms with Crippen LogP contribution in [-0.2, 0) is 50.6 Å². The highest BCUT2D eigenvalue weighted by molar-refractivity contribution is 7.61. The number of imidazole rings is 1. The second kappa shape index (κ2) is 17.6. The summed E-state index contributed by atoms with van der Waals surface area (Å²) in [5, 5.41) is 40.8. The predicted molar refractivity (Wildman–Crippen MR) is 178 cm³/mol. The van der Waals surface area contributed by atoms with Crippen molar-refractivity contribution in [2.75, 3.05) is 38.2 Å². The summed E-state index contributed by atoms with van der Waals surface area (Å²) in [4.78, 5) is 74.9. The smallest absolute Gasteiger partial charge is 0.483 e. The van der Waals surface area contributed by atoms with E-state index in [4.69, 9.17) is 34.5 Å². The molecule has 56 heavy (non-hydrogen) atoms. The summed E-state index contributed by atoms with van der Waals surface area (Å²) in [6, 6.07) is 4.57. The third-order valence-corrected chi connectivity index (χ3v) is 11.3. The van der Waals surface area contributed by atoms with Gasteiger partial charge in [-0.25, -0.2) is 28.6 Å². The van der Waals surface area contributed by atoms with Gasteiger partial charge in [-0.1, -0.05) is 6.07 Å². The number of aliphatic hydroxyl groups excluding tert-OH is 1. The van der Waals surface area contributed by atoms with Crippen molar-refractivity contribution >= 4 is 52.3 Å². The molecule has 2 aliphatic rings. The van der Waals surface area contributed by atoms with Crippen LogP contribution in [0.15, 0.2) is 43.2 Å². The fourth-order valence-electron chi connectivity index (χ4n) is 5.67. The van der Waals surface area contributed by atoms with Crippen molar-refractivity contribution in [2.45, 2.75) is 55.0 Å². The summed E-state index contributed by atoms with van der Waals surface area (Å²) in [6.07, 6.45) is -8.44. The van der Waals surface area contributed by atoms with Crippen LogP contribution in [-0.4, -0.2) is 130 Å². The Morgan fingerprint density at radius 1 is 1.02 bits per heavy atom. The molecule has 2 amide bonds. The van der Waals surface area contributed by atoms with Crippen molar-refractivity contribution in [3.05, 3.63) is 43.2 Å². The van der Waals surface area contributed by atoms with Gasteiger partial charge in [-0.05, 0) is 0 Å². The molecule has 30 heteroatoms. The number of pyridine rings is 1. The van der Waals surface area contributed by atoms with Crippen LogP contribution in [0.2, 0.25) is 0 Å². The Morgan fingerprint density at radius 3 is 2.36 bits per heavy atom. The molecular weight excluding hydrogens is 819 g/mol. The van der Waals surface area contributed by atoms with Crippen molar-refractivity contribution in [3.63, 3.8) is 0 Å². The summed E-state index contributed by atoms with van der Waals surface area (Å²) >= 11 is 0. The molecule has 310 valence electrons. The van der Waals surface area contributed by atoms with E-state index in [2.05, 4.69) is 29.9 Å². The molecule has 2 fully saturated rings. The van der Waals surface area contributed by atoms with Gasteiger partial charge in [0, 0.05) is 44.3 Å². The highest BCUT2D eigenvalue weighted by Crippen LogP contribution is 2.62. The van der Waals surface area contributed by atoms with Gasteiger partial charge in [-0.15, -0.1) is 0 Å². The largest absolute Gasteiger partial charge is 0.843 e. The maximum absolute atomic E-state index is 13.6. The van der Waals surface area contributed by atoms with E-state index >= 15 is 0 Å². The monoisotopic (exact) mass is 857 g/mol. The van der Waals surface area contributed by atoms with Crippen LogP contribution in [0.25, 0.3) is 11.2 Å². The Kier molecular flexibility index (Phi) is 13.7. The summed E-state index contributed by atoms with van der Waals surface area (Å²) in [5.41, 5.74) is 7.70. The zero-order valence-electron chi connectivity index (χ0n) is 28.6. The number of aliphatic hydroxyl groups is 2. The van der Waals surface area contributed by atoms with Gasteiger partial charge in [0.2, 0.25) is 5.91 Å². The lowest BCUT2D eigenvalue weighted by Crippen LogP contribution is -2.64. The second-order valence-corrected chi connectivity index (χ2v) is 16.3. The van der Waals surface area contributed by atoms with Gasteiger partial charge >= 0.3 is 23.5 Å². The van der Waals surface area contributed by atoms with Crippen molar-refractivity contribution in [1.82, 2.24) is 24.8 Å². The third-order valence-electron chi connectivity index (χ3n) is 8.22. The molecule has 3 aromatic heterocycles. The van der Waals surface area contributed by atoms with Gasteiger partial charge in [-0.2, -0.15) is 8.88 Å². The summed E-state index contributed by atoms with van der Waals surface area (Å²) in [6.45, 7) is -1.80. The Morgan fingerprint density at radius 2 is 1.71 bits per heavy atom. The van der Waals surface area contributed by atoms with Crippen molar-refractivity contribution in [2.24, 2.45) is 11.5 Å². The molecule has 5 rings (SSSR count). The first-order valence-electron chi connectivity index (χ1n) is 16.2. The molecule has 0 aromatic carbocycles. The van der Waals surface area contributed by atoms with Gasteiger partial charge in [-0.3, -0.25) is 27.7 Å². The first-order chi connectivity index (χ1) is 26.3. The van der Waals surface area contributed by atoms with E-state index in [1.54, 1.807) is 6.07 Å². The fraction of sp³-hybridized carbons (Fsp3) is 0.538. The molecule has 27 nitrogen and oxygen atoms in total. The van der Waals surface area contributed by atoms with Gasteiger partial charge in [0.05, 0.1) is 19.5 Å². The highest BCUT2D eigenvalue weighted by atomic mass is 31.3. The molecule has 0 spiro atoms. The quantitative estimate of drug-likeness (QED) is 0.0401. The minimum absolute atomic E-state index is 0.0233. The number of carbonyl (C=O) groups excluding carboxylic acids is 2. The standard InChI is InChI=1S/C26H38N9O18P3/c27-5-7-29-16(36)4-6-30-21-17-22(32-12-31-21)35(13-33-17)23-19(52-54(41,42)43)18(37)14(50-23)10-48-56(47,53-55(44,45)46)49-11-15-26(40,25(28)39)20(38)24(51-15)34-8-2-1-3-9-34/h1-3,8-9,12-15,18-20,23-24,37,40H,4-7,10-11,27H2,(H2,28,39)(H,29,36)(H,30,31,32)(H2,41,42,43)(H2,44,45,46)/t14-,15-,18-,19-,20+,23-,24-,26-,56?/m1/s1. The van der Waals surface area contributed by atoms with E-state index in [-0.39, 0.29) is 48.9 Å². The number of hydrogen-bond donors (Lipinski definition) is 10. The second-order valence-electron chi connectivity index (χ2n) is 12.0. The van der Waals surface area contributed by atoms with Crippen LogP contribution in [0, 0.1) is 0 Å². The number of phosphoric acid groups is 3. The number of amides is 2. The summed E-state index contributed by atoms with van der Waals surface area (Å²) in [7, 11) is -16.7. The molecule has 0 radical (unpaired) electrons. The molecule has 9 atom stereocenters. The molecule has 2 aliphatic heterocycles. The number of ether oxygens (including phenoxy) is 2. The number of carbonyl (C=O) groups is 2. The van der Waals surface area contributed by atoms with Crippen LogP contribution in [0.3, 0.4) is 0 Å². The molecule has 0 aliphatic carbocycles. The number of anilines is 1. The number of phosphoric ester groups is 2. The fourth-order valence-corrected chi connectivity index (χ4v) is 8.36. The Hall–Kier alpha value is -3.43. The number of nitrogens with zero attached hydrogens (tertiary/aromatic N) is 5. The number of nitrogens with two attached hydrogens (primary N) is 2. The number of primary amides is 1. The van der Waals surface area contributed by atoms with Crippen LogP contribution >= 0.6 is 23.5 Å². The van der Waals surface area contributed by atoms with Gasteiger partial charge in [0.15, 0.2) is 41.2 Å². The van der Waals surface area contributed by atoms with E-state index in [1.165, 1.54) is 29.1 Å². The molecular formula is C26H38N9O18P3. The van der Waals surface area contributed by atoms with E-state index in [0.29, 0.717) is 0 Å². The Balaban J connectivity index is 1.35. The van der Waals surface area contributed by atoms with Gasteiger partial charge < -0.3 is 66.5 Å². The molecule has 12 N–H and O–H groups in total. The van der Waals surface area contributed by atoms with Crippen molar-refractivity contribution < 1.29 is 90.1 Å². The molecule has 5 heterocycles. The highest BCUT2D eigenvalue weighted by Gasteiger charge is 2.59. The van der Waals surface area contributed by atoms with Crippen LogP contribution in [0.1, 0.15) is 18.9 Å². The zero-order chi connectivity index (χ0) is 41.1. The number of rotatable bonds is 19. The molecule has 2 saturated heterocycles. The van der Waals surface area contributed by atoms with Gasteiger partial charge in [0.1, 0.15) is 30.7 Å². The summed E-state index contributed by atoms with van der Waals surface area (Å²) < 4.78 is 70.1. The normalized spacial score (nSPS) is 28.0.